The van der Waals surface area contributed by atoms with E-state index in [0.29, 0.717) is 0 Å². The van der Waals surface area contributed by atoms with Crippen LogP contribution in [0.3, 0.4) is 0 Å². The maximum Gasteiger partial charge on any atom is 0.341 e. The van der Waals surface area contributed by atoms with Crippen LogP contribution in [0.5, 0.6) is 0 Å². The summed E-state index contributed by atoms with van der Waals surface area (Å²) >= 11 is 0. The Morgan fingerprint density at radius 1 is 1.91 bits per heavy atom. The molecule has 0 radical (unpaired) electrons. The highest BCUT2D eigenvalue weighted by atomic mass is 16.5. The third-order valence-electron chi connectivity index (χ3n) is 1.26. The lowest BCUT2D eigenvalue weighted by atomic mass is 10.1. The van der Waals surface area contributed by atoms with E-state index in [4.69, 9.17) is 10.8 Å². The number of carbonyl (C=O) groups is 1. The molecule has 1 aromatic heterocycles. The number of aromatic carboxylic acids is 1. The molecule has 0 aliphatic rings. The van der Waals surface area contributed by atoms with Crippen molar-refractivity contribution < 1.29 is 14.4 Å². The minimum atomic E-state index is -1.07. The van der Waals surface area contributed by atoms with E-state index in [1.54, 1.807) is 6.92 Å². The van der Waals surface area contributed by atoms with Crippen LogP contribution in [-0.4, -0.2) is 16.2 Å². The second-order valence-electron chi connectivity index (χ2n) is 2.21. The fourth-order valence-electron chi connectivity index (χ4n) is 0.734. The van der Waals surface area contributed by atoms with Gasteiger partial charge >= 0.3 is 5.97 Å². The lowest BCUT2D eigenvalue weighted by Crippen LogP contribution is -2.10. The Labute approximate surface area is 62.8 Å². The molecule has 0 aliphatic heterocycles. The maximum absolute atomic E-state index is 10.4. The van der Waals surface area contributed by atoms with Crippen LogP contribution in [0.4, 0.5) is 0 Å². The first-order valence-electron chi connectivity index (χ1n) is 3.06. The number of aromatic nitrogens is 1. The molecule has 0 aliphatic carbocycles. The van der Waals surface area contributed by atoms with Crippen LogP contribution in [0.1, 0.15) is 29.0 Å². The molecule has 0 aromatic carbocycles. The number of rotatable bonds is 2. The molecular formula is C6H8N2O3. The Hall–Kier alpha value is -1.36. The van der Waals surface area contributed by atoms with E-state index in [1.165, 1.54) is 0 Å². The maximum atomic E-state index is 10.4. The van der Waals surface area contributed by atoms with Gasteiger partial charge in [0.25, 0.3) is 0 Å². The zero-order chi connectivity index (χ0) is 8.43. The molecule has 1 heterocycles. The Morgan fingerprint density at radius 3 is 2.91 bits per heavy atom. The summed E-state index contributed by atoms with van der Waals surface area (Å²) in [6.07, 6.45) is 1.07. The monoisotopic (exact) mass is 156 g/mol. The third kappa shape index (κ3) is 1.38. The van der Waals surface area contributed by atoms with E-state index < -0.39 is 12.0 Å². The molecule has 0 amide bonds. The predicted molar refractivity (Wildman–Crippen MR) is 36.1 cm³/mol. The zero-order valence-corrected chi connectivity index (χ0v) is 5.94. The van der Waals surface area contributed by atoms with E-state index in [0.717, 1.165) is 6.26 Å². The van der Waals surface area contributed by atoms with Crippen LogP contribution in [0, 0.1) is 0 Å². The largest absolute Gasteiger partial charge is 0.478 e. The summed E-state index contributed by atoms with van der Waals surface area (Å²) in [4.78, 5) is 10.4. The minimum absolute atomic E-state index is 0.0278. The number of carboxylic acid groups (broad SMARTS) is 1. The molecule has 11 heavy (non-hydrogen) atoms. The summed E-state index contributed by atoms with van der Waals surface area (Å²) in [5.41, 5.74) is 5.71. The summed E-state index contributed by atoms with van der Waals surface area (Å²) in [6.45, 7) is 1.64. The number of nitrogens with two attached hydrogens (primary N) is 1. The van der Waals surface area contributed by atoms with E-state index in [1.807, 2.05) is 0 Å². The molecule has 5 nitrogen and oxygen atoms in total. The second-order valence-corrected chi connectivity index (χ2v) is 2.21. The molecule has 0 spiro atoms. The van der Waals surface area contributed by atoms with Crippen molar-refractivity contribution in [3.63, 3.8) is 0 Å². The average molecular weight is 156 g/mol. The summed E-state index contributed by atoms with van der Waals surface area (Å²) in [5, 5.41) is 12.0. The SMILES string of the molecule is C[C@@H](N)c1nocc1C(=O)O. The quantitative estimate of drug-likeness (QED) is 0.646. The van der Waals surface area contributed by atoms with Crippen LogP contribution in [-0.2, 0) is 0 Å². The van der Waals surface area contributed by atoms with Gasteiger partial charge in [0.15, 0.2) is 0 Å². The van der Waals surface area contributed by atoms with Crippen molar-refractivity contribution in [1.29, 1.82) is 0 Å². The fraction of sp³-hybridized carbons (Fsp3) is 0.333. The topological polar surface area (TPSA) is 89.4 Å². The van der Waals surface area contributed by atoms with Gasteiger partial charge in [-0.2, -0.15) is 0 Å². The van der Waals surface area contributed by atoms with Crippen molar-refractivity contribution in [2.45, 2.75) is 13.0 Å². The molecule has 0 fully saturated rings. The van der Waals surface area contributed by atoms with E-state index in [-0.39, 0.29) is 11.3 Å². The third-order valence-corrected chi connectivity index (χ3v) is 1.26. The smallest absolute Gasteiger partial charge is 0.341 e. The van der Waals surface area contributed by atoms with Gasteiger partial charge in [-0.15, -0.1) is 0 Å². The molecule has 0 saturated heterocycles. The number of hydrogen-bond donors (Lipinski definition) is 2. The van der Waals surface area contributed by atoms with Gasteiger partial charge < -0.3 is 15.4 Å². The molecule has 3 N–H and O–H groups in total. The molecule has 1 aromatic rings. The molecule has 60 valence electrons. The molecule has 0 unspecified atom stereocenters. The highest BCUT2D eigenvalue weighted by Gasteiger charge is 2.16. The van der Waals surface area contributed by atoms with Crippen molar-refractivity contribution in [2.24, 2.45) is 5.73 Å². The van der Waals surface area contributed by atoms with Crippen LogP contribution < -0.4 is 5.73 Å². The van der Waals surface area contributed by atoms with Gasteiger partial charge in [-0.05, 0) is 6.92 Å². The Bertz CT molecular complexity index is 267. The van der Waals surface area contributed by atoms with Gasteiger partial charge in [-0.3, -0.25) is 0 Å². The van der Waals surface area contributed by atoms with Gasteiger partial charge in [0.05, 0.1) is 0 Å². The summed E-state index contributed by atoms with van der Waals surface area (Å²) in [6, 6.07) is -0.417. The lowest BCUT2D eigenvalue weighted by Gasteiger charge is -1.98. The molecule has 1 atom stereocenters. The molecular weight excluding hydrogens is 148 g/mol. The van der Waals surface area contributed by atoms with Gasteiger partial charge in [-0.1, -0.05) is 5.16 Å². The fourth-order valence-corrected chi connectivity index (χ4v) is 0.734. The van der Waals surface area contributed by atoms with Crippen molar-refractivity contribution in [3.8, 4) is 0 Å². The van der Waals surface area contributed by atoms with E-state index >= 15 is 0 Å². The van der Waals surface area contributed by atoms with Gasteiger partial charge in [-0.25, -0.2) is 4.79 Å². The first-order chi connectivity index (χ1) is 5.13. The summed E-state index contributed by atoms with van der Waals surface area (Å²) in [5.74, 6) is -1.07. The predicted octanol–water partition coefficient (Wildman–Crippen LogP) is 0.393. The van der Waals surface area contributed by atoms with Crippen molar-refractivity contribution >= 4 is 5.97 Å². The van der Waals surface area contributed by atoms with Crippen molar-refractivity contribution in [1.82, 2.24) is 5.16 Å². The highest BCUT2D eigenvalue weighted by molar-refractivity contribution is 5.88. The van der Waals surface area contributed by atoms with Crippen LogP contribution in [0.2, 0.25) is 0 Å². The summed E-state index contributed by atoms with van der Waals surface area (Å²) < 4.78 is 4.46. The Morgan fingerprint density at radius 2 is 2.55 bits per heavy atom. The van der Waals surface area contributed by atoms with Crippen LogP contribution >= 0.6 is 0 Å². The zero-order valence-electron chi connectivity index (χ0n) is 5.94. The molecule has 0 saturated carbocycles. The van der Waals surface area contributed by atoms with Gasteiger partial charge in [0.2, 0.25) is 0 Å². The Kier molecular flexibility index (Phi) is 1.91. The lowest BCUT2D eigenvalue weighted by molar-refractivity contribution is 0.0694. The summed E-state index contributed by atoms with van der Waals surface area (Å²) in [7, 11) is 0. The first kappa shape index (κ1) is 7.74. The van der Waals surface area contributed by atoms with Crippen LogP contribution in [0.15, 0.2) is 10.8 Å². The number of carboxylic acids is 1. The normalized spacial score (nSPS) is 12.9. The van der Waals surface area contributed by atoms with Gasteiger partial charge in [0.1, 0.15) is 17.5 Å². The number of hydrogen-bond acceptors (Lipinski definition) is 4. The average Bonchev–Trinajstić information content (AvgIpc) is 2.32. The van der Waals surface area contributed by atoms with Crippen molar-refractivity contribution in [3.05, 3.63) is 17.5 Å². The standard InChI is InChI=1S/C6H8N2O3/c1-3(7)5-4(6(9)10)2-11-8-5/h2-3H,7H2,1H3,(H,9,10)/t3-/m1/s1. The molecule has 5 heteroatoms. The van der Waals surface area contributed by atoms with E-state index in [2.05, 4.69) is 9.68 Å². The van der Waals surface area contributed by atoms with Crippen molar-refractivity contribution in [2.75, 3.05) is 0 Å². The number of nitrogens with zero attached hydrogens (tertiary/aromatic N) is 1. The Balaban J connectivity index is 3.06. The molecule has 0 bridgehead atoms. The first-order valence-corrected chi connectivity index (χ1v) is 3.06. The van der Waals surface area contributed by atoms with E-state index in [9.17, 15) is 4.79 Å². The molecule has 1 rings (SSSR count). The van der Waals surface area contributed by atoms with Gasteiger partial charge in [0, 0.05) is 6.04 Å². The minimum Gasteiger partial charge on any atom is -0.478 e. The second kappa shape index (κ2) is 2.71. The highest BCUT2D eigenvalue weighted by Crippen LogP contribution is 2.12. The van der Waals surface area contributed by atoms with Crippen LogP contribution in [0.25, 0.3) is 0 Å².